The van der Waals surface area contributed by atoms with Crippen molar-refractivity contribution in [3.8, 4) is 0 Å². The third-order valence-electron chi connectivity index (χ3n) is 2.35. The first-order chi connectivity index (χ1) is 9.35. The molecular weight excluding hydrogens is 302 g/mol. The number of carbonyl (C=O) groups excluding carboxylic acids is 1. The zero-order chi connectivity index (χ0) is 15.2. The van der Waals surface area contributed by atoms with Crippen molar-refractivity contribution in [1.82, 2.24) is 9.10 Å². The van der Waals surface area contributed by atoms with E-state index in [0.717, 1.165) is 6.26 Å². The molecule has 0 aromatic carbocycles. The Morgan fingerprint density at radius 3 is 2.70 bits per heavy atom. The fourth-order valence-corrected chi connectivity index (χ4v) is 2.81. The number of nitrogens with zero attached hydrogens (tertiary/aromatic N) is 1. The van der Waals surface area contributed by atoms with Crippen molar-refractivity contribution < 1.29 is 17.9 Å². The van der Waals surface area contributed by atoms with Gasteiger partial charge in [-0.15, -0.1) is 0 Å². The average molecular weight is 321 g/mol. The summed E-state index contributed by atoms with van der Waals surface area (Å²) >= 11 is 1.19. The second-order valence-corrected chi connectivity index (χ2v) is 6.75. The van der Waals surface area contributed by atoms with Gasteiger partial charge in [-0.25, -0.2) is 17.9 Å². The number of esters is 1. The summed E-state index contributed by atoms with van der Waals surface area (Å²) < 4.78 is 33.3. The van der Waals surface area contributed by atoms with E-state index in [1.54, 1.807) is 13.8 Å². The predicted molar refractivity (Wildman–Crippen MR) is 78.8 cm³/mol. The van der Waals surface area contributed by atoms with Crippen LogP contribution in [0.15, 0.2) is 0 Å². The molecule has 0 saturated carbocycles. The zero-order valence-corrected chi connectivity index (χ0v) is 13.4. The topological polar surface area (TPSA) is 97.4 Å². The summed E-state index contributed by atoms with van der Waals surface area (Å²) in [5, 5.41) is 3.73. The number of nitrogens with one attached hydrogen (secondary N) is 2. The van der Waals surface area contributed by atoms with Gasteiger partial charge < -0.3 is 10.1 Å². The van der Waals surface area contributed by atoms with Crippen molar-refractivity contribution in [2.24, 2.45) is 0 Å². The Morgan fingerprint density at radius 2 is 2.10 bits per heavy atom. The molecular formula is C11H19N3O4S2. The SMILES string of the molecule is CCOC(=O)c1c(C)nsc1NCCCNS(C)(=O)=O. The lowest BCUT2D eigenvalue weighted by Crippen LogP contribution is -2.24. The minimum absolute atomic E-state index is 0.311. The zero-order valence-electron chi connectivity index (χ0n) is 11.7. The van der Waals surface area contributed by atoms with Gasteiger partial charge >= 0.3 is 5.97 Å². The van der Waals surface area contributed by atoms with E-state index in [0.29, 0.717) is 42.4 Å². The van der Waals surface area contributed by atoms with Gasteiger partial charge in [0.25, 0.3) is 0 Å². The van der Waals surface area contributed by atoms with Gasteiger partial charge in [-0.1, -0.05) is 0 Å². The number of rotatable bonds is 8. The molecule has 2 N–H and O–H groups in total. The lowest BCUT2D eigenvalue weighted by atomic mass is 10.2. The molecule has 0 bridgehead atoms. The molecule has 0 unspecified atom stereocenters. The maximum Gasteiger partial charge on any atom is 0.343 e. The van der Waals surface area contributed by atoms with Crippen molar-refractivity contribution in [1.29, 1.82) is 0 Å². The molecule has 1 aromatic rings. The normalized spacial score (nSPS) is 11.3. The Labute approximate surface area is 122 Å². The van der Waals surface area contributed by atoms with E-state index in [1.165, 1.54) is 11.5 Å². The molecule has 0 spiro atoms. The van der Waals surface area contributed by atoms with Gasteiger partial charge in [0, 0.05) is 13.1 Å². The maximum atomic E-state index is 11.8. The van der Waals surface area contributed by atoms with E-state index >= 15 is 0 Å². The molecule has 1 heterocycles. The van der Waals surface area contributed by atoms with Crippen LogP contribution in [0.2, 0.25) is 0 Å². The third kappa shape index (κ3) is 5.43. The lowest BCUT2D eigenvalue weighted by Gasteiger charge is -2.07. The molecule has 0 radical (unpaired) electrons. The maximum absolute atomic E-state index is 11.8. The summed E-state index contributed by atoms with van der Waals surface area (Å²) in [6.07, 6.45) is 1.72. The Bertz CT molecular complexity index is 554. The first-order valence-electron chi connectivity index (χ1n) is 6.17. The van der Waals surface area contributed by atoms with Crippen molar-refractivity contribution >= 4 is 32.5 Å². The molecule has 20 heavy (non-hydrogen) atoms. The van der Waals surface area contributed by atoms with E-state index in [1.807, 2.05) is 0 Å². The largest absolute Gasteiger partial charge is 0.462 e. The number of carbonyl (C=O) groups is 1. The molecule has 114 valence electrons. The number of hydrogen-bond acceptors (Lipinski definition) is 7. The van der Waals surface area contributed by atoms with Crippen LogP contribution in [-0.2, 0) is 14.8 Å². The molecule has 1 rings (SSSR count). The van der Waals surface area contributed by atoms with E-state index < -0.39 is 16.0 Å². The molecule has 0 fully saturated rings. The minimum Gasteiger partial charge on any atom is -0.462 e. The Balaban J connectivity index is 2.50. The molecule has 0 aliphatic carbocycles. The van der Waals surface area contributed by atoms with Gasteiger partial charge in [-0.2, -0.15) is 4.37 Å². The second-order valence-electron chi connectivity index (χ2n) is 4.14. The van der Waals surface area contributed by atoms with E-state index in [2.05, 4.69) is 14.4 Å². The summed E-state index contributed by atoms with van der Waals surface area (Å²) in [4.78, 5) is 11.8. The average Bonchev–Trinajstić information content (AvgIpc) is 2.69. The molecule has 0 aliphatic heterocycles. The van der Waals surface area contributed by atoms with Crippen LogP contribution in [0.1, 0.15) is 29.4 Å². The summed E-state index contributed by atoms with van der Waals surface area (Å²) in [5.41, 5.74) is 1.08. The smallest absolute Gasteiger partial charge is 0.343 e. The van der Waals surface area contributed by atoms with Crippen LogP contribution >= 0.6 is 11.5 Å². The van der Waals surface area contributed by atoms with Crippen molar-refractivity contribution in [2.75, 3.05) is 31.3 Å². The van der Waals surface area contributed by atoms with Gasteiger partial charge in [-0.05, 0) is 31.8 Å². The molecule has 0 saturated heterocycles. The quantitative estimate of drug-likeness (QED) is 0.547. The van der Waals surface area contributed by atoms with Crippen molar-refractivity contribution in [3.05, 3.63) is 11.3 Å². The van der Waals surface area contributed by atoms with Crippen LogP contribution in [0.5, 0.6) is 0 Å². The monoisotopic (exact) mass is 321 g/mol. The van der Waals surface area contributed by atoms with E-state index in [4.69, 9.17) is 4.74 Å². The first-order valence-corrected chi connectivity index (χ1v) is 8.83. The molecule has 7 nitrogen and oxygen atoms in total. The highest BCUT2D eigenvalue weighted by atomic mass is 32.2. The van der Waals surface area contributed by atoms with Crippen LogP contribution in [0.4, 0.5) is 5.00 Å². The van der Waals surface area contributed by atoms with Crippen LogP contribution in [-0.4, -0.2) is 44.7 Å². The number of aromatic nitrogens is 1. The number of sulfonamides is 1. The van der Waals surface area contributed by atoms with E-state index in [-0.39, 0.29) is 0 Å². The number of aryl methyl sites for hydroxylation is 1. The second kappa shape index (κ2) is 7.55. The van der Waals surface area contributed by atoms with Crippen molar-refractivity contribution in [3.63, 3.8) is 0 Å². The predicted octanol–water partition coefficient (Wildman–Crippen LogP) is 0.979. The van der Waals surface area contributed by atoms with Gasteiger partial charge in [0.05, 0.1) is 18.6 Å². The molecule has 0 atom stereocenters. The number of hydrogen-bond donors (Lipinski definition) is 2. The van der Waals surface area contributed by atoms with Crippen molar-refractivity contribution in [2.45, 2.75) is 20.3 Å². The van der Waals surface area contributed by atoms with E-state index in [9.17, 15) is 13.2 Å². The standard InChI is InChI=1S/C11H19N3O4S2/c1-4-18-11(15)9-8(2)14-19-10(9)12-6-5-7-13-20(3,16)17/h12-13H,4-7H2,1-3H3. The highest BCUT2D eigenvalue weighted by Gasteiger charge is 2.19. The Morgan fingerprint density at radius 1 is 1.40 bits per heavy atom. The highest BCUT2D eigenvalue weighted by Crippen LogP contribution is 2.25. The highest BCUT2D eigenvalue weighted by molar-refractivity contribution is 7.88. The molecule has 1 aromatic heterocycles. The fraction of sp³-hybridized carbons (Fsp3) is 0.636. The summed E-state index contributed by atoms with van der Waals surface area (Å²) in [5.74, 6) is -0.393. The number of ether oxygens (including phenoxy) is 1. The molecule has 0 amide bonds. The van der Waals surface area contributed by atoms with Gasteiger partial charge in [-0.3, -0.25) is 0 Å². The van der Waals surface area contributed by atoms with Crippen LogP contribution in [0.3, 0.4) is 0 Å². The summed E-state index contributed by atoms with van der Waals surface area (Å²) in [7, 11) is -3.16. The van der Waals surface area contributed by atoms with Crippen LogP contribution in [0, 0.1) is 6.92 Å². The van der Waals surface area contributed by atoms with Crippen LogP contribution < -0.4 is 10.0 Å². The summed E-state index contributed by atoms with van der Waals surface area (Å²) in [6.45, 7) is 4.69. The third-order valence-corrected chi connectivity index (χ3v) is 3.97. The van der Waals surface area contributed by atoms with Gasteiger partial charge in [0.2, 0.25) is 10.0 Å². The van der Waals surface area contributed by atoms with Gasteiger partial charge in [0.1, 0.15) is 10.6 Å². The fourth-order valence-electron chi connectivity index (χ4n) is 1.48. The van der Waals surface area contributed by atoms with Crippen LogP contribution in [0.25, 0.3) is 0 Å². The molecule has 0 aliphatic rings. The Kier molecular flexibility index (Phi) is 6.37. The first kappa shape index (κ1) is 16.9. The Hall–Kier alpha value is -1.19. The lowest BCUT2D eigenvalue weighted by molar-refractivity contribution is 0.0527. The minimum atomic E-state index is -3.16. The molecule has 9 heteroatoms. The number of anilines is 1. The van der Waals surface area contributed by atoms with Gasteiger partial charge in [0.15, 0.2) is 0 Å². The summed E-state index contributed by atoms with van der Waals surface area (Å²) in [6, 6.07) is 0.